The van der Waals surface area contributed by atoms with Crippen molar-refractivity contribution < 1.29 is 9.59 Å². The van der Waals surface area contributed by atoms with Gasteiger partial charge in [-0.05, 0) is 61.9 Å². The number of nitrogens with zero attached hydrogens (tertiary/aromatic N) is 1. The second kappa shape index (κ2) is 9.32. The first-order valence-corrected chi connectivity index (χ1v) is 11.5. The summed E-state index contributed by atoms with van der Waals surface area (Å²) in [6, 6.07) is 20.8. The van der Waals surface area contributed by atoms with Crippen molar-refractivity contribution in [3.05, 3.63) is 83.4 Å². The molecule has 0 unspecified atom stereocenters. The molecule has 4 aromatic rings. The fraction of sp³-hybridized carbons (Fsp3) is 0.125. The average Bonchev–Trinajstić information content (AvgIpc) is 3.15. The molecule has 0 saturated carbocycles. The topological polar surface area (TPSA) is 71.1 Å². The Balaban J connectivity index is 1.38. The predicted octanol–water partition coefficient (Wildman–Crippen LogP) is 5.90. The van der Waals surface area contributed by atoms with Crippen LogP contribution in [0, 0.1) is 13.8 Å². The molecule has 156 valence electrons. The Kier molecular flexibility index (Phi) is 6.34. The minimum absolute atomic E-state index is 0.0686. The van der Waals surface area contributed by atoms with Crippen LogP contribution in [0.5, 0.6) is 0 Å². The summed E-state index contributed by atoms with van der Waals surface area (Å²) in [5.74, 6) is 0.0670. The van der Waals surface area contributed by atoms with Gasteiger partial charge in [0.15, 0.2) is 4.34 Å². The van der Waals surface area contributed by atoms with Crippen LogP contribution in [0.4, 0.5) is 11.4 Å². The van der Waals surface area contributed by atoms with Crippen LogP contribution >= 0.6 is 23.1 Å². The third kappa shape index (κ3) is 5.51. The largest absolute Gasteiger partial charge is 0.325 e. The highest BCUT2D eigenvalue weighted by Gasteiger charge is 2.11. The van der Waals surface area contributed by atoms with E-state index in [9.17, 15) is 9.59 Å². The van der Waals surface area contributed by atoms with Gasteiger partial charge in [-0.15, -0.1) is 11.3 Å². The van der Waals surface area contributed by atoms with Crippen molar-refractivity contribution in [2.24, 2.45) is 0 Å². The van der Waals surface area contributed by atoms with E-state index in [1.165, 1.54) is 23.1 Å². The van der Waals surface area contributed by atoms with Gasteiger partial charge in [-0.1, -0.05) is 41.6 Å². The molecule has 4 rings (SSSR count). The highest BCUT2D eigenvalue weighted by Crippen LogP contribution is 2.31. The van der Waals surface area contributed by atoms with Crippen LogP contribution in [0.1, 0.15) is 21.5 Å². The number of carbonyl (C=O) groups is 2. The highest BCUT2D eigenvalue weighted by molar-refractivity contribution is 8.01. The summed E-state index contributed by atoms with van der Waals surface area (Å²) < 4.78 is 1.78. The predicted molar refractivity (Wildman–Crippen MR) is 129 cm³/mol. The van der Waals surface area contributed by atoms with E-state index in [0.717, 1.165) is 37.1 Å². The lowest BCUT2D eigenvalue weighted by molar-refractivity contribution is -0.113. The van der Waals surface area contributed by atoms with Crippen LogP contribution < -0.4 is 10.6 Å². The number of benzene rings is 3. The van der Waals surface area contributed by atoms with Gasteiger partial charge in [0.05, 0.1) is 16.0 Å². The number of fused-ring (bicyclic) bond motifs is 1. The van der Waals surface area contributed by atoms with Crippen LogP contribution in [0.15, 0.2) is 71.1 Å². The summed E-state index contributed by atoms with van der Waals surface area (Å²) >= 11 is 2.91. The molecule has 0 aliphatic heterocycles. The van der Waals surface area contributed by atoms with Gasteiger partial charge in [0.25, 0.3) is 5.91 Å². The van der Waals surface area contributed by atoms with Crippen molar-refractivity contribution in [3.8, 4) is 0 Å². The summed E-state index contributed by atoms with van der Waals surface area (Å²) in [5, 5.41) is 5.84. The normalized spacial score (nSPS) is 10.8. The van der Waals surface area contributed by atoms with E-state index < -0.39 is 0 Å². The Morgan fingerprint density at radius 2 is 1.68 bits per heavy atom. The second-order valence-corrected chi connectivity index (χ2v) is 9.44. The molecule has 0 saturated heterocycles. The van der Waals surface area contributed by atoms with Crippen molar-refractivity contribution in [3.63, 3.8) is 0 Å². The summed E-state index contributed by atoms with van der Waals surface area (Å²) in [4.78, 5) is 29.3. The Bertz CT molecular complexity index is 1250. The molecule has 0 fully saturated rings. The minimum atomic E-state index is -0.147. The van der Waals surface area contributed by atoms with Crippen molar-refractivity contribution in [1.29, 1.82) is 0 Å². The molecule has 1 aromatic heterocycles. The lowest BCUT2D eigenvalue weighted by Gasteiger charge is -2.05. The SMILES string of the molecule is Cc1ccc(C(=O)Nc2ccc3nc(SCC(=O)Nc4cccc(C)c4)sc3c2)cc1. The van der Waals surface area contributed by atoms with Gasteiger partial charge in [0.2, 0.25) is 5.91 Å². The molecule has 0 spiro atoms. The molecule has 3 aromatic carbocycles. The lowest BCUT2D eigenvalue weighted by atomic mass is 10.1. The molecule has 2 N–H and O–H groups in total. The molecular weight excluding hydrogens is 426 g/mol. The van der Waals surface area contributed by atoms with Gasteiger partial charge in [-0.3, -0.25) is 9.59 Å². The number of rotatable bonds is 6. The Morgan fingerprint density at radius 3 is 2.45 bits per heavy atom. The number of thioether (sulfide) groups is 1. The van der Waals surface area contributed by atoms with Crippen molar-refractivity contribution in [1.82, 2.24) is 4.98 Å². The Morgan fingerprint density at radius 1 is 0.903 bits per heavy atom. The molecule has 2 amide bonds. The average molecular weight is 448 g/mol. The van der Waals surface area contributed by atoms with Gasteiger partial charge in [-0.25, -0.2) is 4.98 Å². The number of amides is 2. The molecule has 5 nitrogen and oxygen atoms in total. The van der Waals surface area contributed by atoms with Gasteiger partial charge in [-0.2, -0.15) is 0 Å². The fourth-order valence-electron chi connectivity index (χ4n) is 3.00. The first kappa shape index (κ1) is 21.1. The maximum absolute atomic E-state index is 12.4. The maximum atomic E-state index is 12.4. The molecule has 0 aliphatic carbocycles. The van der Waals surface area contributed by atoms with Crippen LogP contribution in [0.25, 0.3) is 10.2 Å². The van der Waals surface area contributed by atoms with E-state index in [2.05, 4.69) is 15.6 Å². The van der Waals surface area contributed by atoms with Crippen LogP contribution in [-0.4, -0.2) is 22.6 Å². The van der Waals surface area contributed by atoms with Crippen LogP contribution in [-0.2, 0) is 4.79 Å². The summed E-state index contributed by atoms with van der Waals surface area (Å²) in [6.07, 6.45) is 0. The number of hydrogen-bond acceptors (Lipinski definition) is 5. The zero-order chi connectivity index (χ0) is 21.8. The summed E-state index contributed by atoms with van der Waals surface area (Å²) in [7, 11) is 0. The Labute approximate surface area is 188 Å². The van der Waals surface area contributed by atoms with Gasteiger partial charge < -0.3 is 10.6 Å². The molecule has 1 heterocycles. The van der Waals surface area contributed by atoms with E-state index in [0.29, 0.717) is 5.56 Å². The second-order valence-electron chi connectivity index (χ2n) is 7.19. The lowest BCUT2D eigenvalue weighted by Crippen LogP contribution is -2.13. The molecule has 7 heteroatoms. The monoisotopic (exact) mass is 447 g/mol. The third-order valence-electron chi connectivity index (χ3n) is 4.57. The van der Waals surface area contributed by atoms with E-state index in [-0.39, 0.29) is 17.6 Å². The summed E-state index contributed by atoms with van der Waals surface area (Å²) in [6.45, 7) is 3.98. The zero-order valence-electron chi connectivity index (χ0n) is 17.1. The zero-order valence-corrected chi connectivity index (χ0v) is 18.8. The van der Waals surface area contributed by atoms with Crippen molar-refractivity contribution in [2.75, 3.05) is 16.4 Å². The molecule has 0 radical (unpaired) electrons. The number of thiazole rings is 1. The highest BCUT2D eigenvalue weighted by atomic mass is 32.2. The van der Waals surface area contributed by atoms with E-state index in [1.807, 2.05) is 80.6 Å². The maximum Gasteiger partial charge on any atom is 0.255 e. The quantitative estimate of drug-likeness (QED) is 0.361. The van der Waals surface area contributed by atoms with Gasteiger partial charge in [0, 0.05) is 16.9 Å². The Hall–Kier alpha value is -3.16. The number of aromatic nitrogens is 1. The minimum Gasteiger partial charge on any atom is -0.325 e. The van der Waals surface area contributed by atoms with Crippen molar-refractivity contribution in [2.45, 2.75) is 18.2 Å². The molecular formula is C24H21N3O2S2. The first-order valence-electron chi connectivity index (χ1n) is 9.74. The van der Waals surface area contributed by atoms with Crippen LogP contribution in [0.2, 0.25) is 0 Å². The van der Waals surface area contributed by atoms with Crippen LogP contribution in [0.3, 0.4) is 0 Å². The standard InChI is InChI=1S/C24H21N3O2S2/c1-15-6-8-17(9-7-15)23(29)26-19-10-11-20-21(13-19)31-24(27-20)30-14-22(28)25-18-5-3-4-16(2)12-18/h3-13H,14H2,1-2H3,(H,25,28)(H,26,29). The number of carbonyl (C=O) groups excluding carboxylic acids is 2. The van der Waals surface area contributed by atoms with Crippen molar-refractivity contribution >= 4 is 56.5 Å². The van der Waals surface area contributed by atoms with E-state index >= 15 is 0 Å². The molecule has 0 atom stereocenters. The van der Waals surface area contributed by atoms with E-state index in [1.54, 1.807) is 0 Å². The molecule has 0 bridgehead atoms. The van der Waals surface area contributed by atoms with Gasteiger partial charge in [0.1, 0.15) is 0 Å². The molecule has 0 aliphatic rings. The first-order chi connectivity index (χ1) is 15.0. The number of aryl methyl sites for hydroxylation is 2. The number of nitrogens with one attached hydrogen (secondary N) is 2. The third-order valence-corrected chi connectivity index (χ3v) is 6.73. The van der Waals surface area contributed by atoms with Gasteiger partial charge >= 0.3 is 0 Å². The number of anilines is 2. The summed E-state index contributed by atoms with van der Waals surface area (Å²) in [5.41, 5.74) is 5.19. The number of hydrogen-bond donors (Lipinski definition) is 2. The molecule has 31 heavy (non-hydrogen) atoms. The smallest absolute Gasteiger partial charge is 0.255 e. The van der Waals surface area contributed by atoms with E-state index in [4.69, 9.17) is 0 Å². The fourth-order valence-corrected chi connectivity index (χ4v) is 4.91.